The molecule has 1 aromatic carbocycles. The number of nitrogens with zero attached hydrogens (tertiary/aromatic N) is 4. The average molecular weight is 452 g/mol. The molecular formula is C16H21IN8. The van der Waals surface area contributed by atoms with Gasteiger partial charge in [0, 0.05) is 35.4 Å². The van der Waals surface area contributed by atoms with Crippen LogP contribution in [0.4, 0.5) is 17.5 Å². The molecule has 0 aliphatic heterocycles. The standard InChI is InChI=1S/C16H21IN8/c1-9(18)6-21-16-23-14(13-15(24-16)25(2)8-22-13)20-7-10-5-11(17)3-4-12(10)19/h3-5,8-9H,6-7,18-19H2,1-2H3,(H2,20,21,23,24). The fourth-order valence-corrected chi connectivity index (χ4v) is 2.92. The van der Waals surface area contributed by atoms with E-state index in [1.807, 2.05) is 30.7 Å². The van der Waals surface area contributed by atoms with E-state index >= 15 is 0 Å². The molecule has 0 spiro atoms. The zero-order chi connectivity index (χ0) is 18.0. The average Bonchev–Trinajstić information content (AvgIpc) is 2.95. The van der Waals surface area contributed by atoms with Crippen molar-refractivity contribution >= 4 is 51.2 Å². The predicted molar refractivity (Wildman–Crippen MR) is 109 cm³/mol. The van der Waals surface area contributed by atoms with Crippen LogP contribution in [0, 0.1) is 3.57 Å². The van der Waals surface area contributed by atoms with Crippen LogP contribution in [0.5, 0.6) is 0 Å². The summed E-state index contributed by atoms with van der Waals surface area (Å²) in [7, 11) is 1.90. The van der Waals surface area contributed by atoms with Crippen LogP contribution in [-0.4, -0.2) is 32.1 Å². The zero-order valence-corrected chi connectivity index (χ0v) is 16.3. The maximum absolute atomic E-state index is 6.06. The van der Waals surface area contributed by atoms with Gasteiger partial charge in [-0.2, -0.15) is 9.97 Å². The van der Waals surface area contributed by atoms with Gasteiger partial charge in [-0.15, -0.1) is 0 Å². The monoisotopic (exact) mass is 452 g/mol. The van der Waals surface area contributed by atoms with Crippen LogP contribution >= 0.6 is 22.6 Å². The van der Waals surface area contributed by atoms with E-state index in [1.165, 1.54) is 0 Å². The van der Waals surface area contributed by atoms with Gasteiger partial charge in [-0.05, 0) is 53.3 Å². The number of anilines is 3. The van der Waals surface area contributed by atoms with Crippen molar-refractivity contribution in [2.75, 3.05) is 22.9 Å². The number of aromatic nitrogens is 4. The van der Waals surface area contributed by atoms with Gasteiger partial charge < -0.3 is 26.7 Å². The largest absolute Gasteiger partial charge is 0.398 e. The molecule has 0 aliphatic rings. The Labute approximate surface area is 159 Å². The molecule has 0 bridgehead atoms. The van der Waals surface area contributed by atoms with Gasteiger partial charge in [-0.1, -0.05) is 0 Å². The van der Waals surface area contributed by atoms with Crippen LogP contribution < -0.4 is 22.1 Å². The first-order valence-electron chi connectivity index (χ1n) is 7.90. The van der Waals surface area contributed by atoms with Crippen molar-refractivity contribution in [1.29, 1.82) is 0 Å². The molecule has 0 saturated carbocycles. The second-order valence-corrected chi connectivity index (χ2v) is 7.22. The summed E-state index contributed by atoms with van der Waals surface area (Å²) in [6.45, 7) is 3.07. The molecule has 2 aromatic heterocycles. The van der Waals surface area contributed by atoms with Gasteiger partial charge in [0.25, 0.3) is 0 Å². The highest BCUT2D eigenvalue weighted by molar-refractivity contribution is 14.1. The summed E-state index contributed by atoms with van der Waals surface area (Å²) >= 11 is 2.27. The predicted octanol–water partition coefficient (Wildman–Crippen LogP) is 1.92. The minimum absolute atomic E-state index is 0.00781. The Bertz CT molecular complexity index is 889. The third-order valence-corrected chi connectivity index (χ3v) is 4.36. The highest BCUT2D eigenvalue weighted by Crippen LogP contribution is 2.22. The van der Waals surface area contributed by atoms with Gasteiger partial charge >= 0.3 is 0 Å². The van der Waals surface area contributed by atoms with Crippen LogP contribution in [0.2, 0.25) is 0 Å². The van der Waals surface area contributed by atoms with Gasteiger partial charge in [-0.3, -0.25) is 0 Å². The number of fused-ring (bicyclic) bond motifs is 1. The summed E-state index contributed by atoms with van der Waals surface area (Å²) in [5, 5.41) is 6.49. The molecule has 25 heavy (non-hydrogen) atoms. The zero-order valence-electron chi connectivity index (χ0n) is 14.1. The first kappa shape index (κ1) is 17.7. The lowest BCUT2D eigenvalue weighted by molar-refractivity contribution is 0.773. The number of imidazole rings is 1. The summed E-state index contributed by atoms with van der Waals surface area (Å²) < 4.78 is 2.99. The van der Waals surface area contributed by atoms with E-state index in [9.17, 15) is 0 Å². The molecule has 9 heteroatoms. The van der Waals surface area contributed by atoms with Gasteiger partial charge in [0.15, 0.2) is 17.0 Å². The Morgan fingerprint density at radius 2 is 2.08 bits per heavy atom. The van der Waals surface area contributed by atoms with Crippen molar-refractivity contribution in [3.05, 3.63) is 33.7 Å². The fraction of sp³-hybridized carbons (Fsp3) is 0.312. The molecule has 132 valence electrons. The maximum Gasteiger partial charge on any atom is 0.226 e. The number of halogens is 1. The number of hydrogen-bond acceptors (Lipinski definition) is 7. The quantitative estimate of drug-likeness (QED) is 0.333. The highest BCUT2D eigenvalue weighted by atomic mass is 127. The summed E-state index contributed by atoms with van der Waals surface area (Å²) in [4.78, 5) is 13.5. The summed E-state index contributed by atoms with van der Waals surface area (Å²) in [5.74, 6) is 1.18. The van der Waals surface area contributed by atoms with Crippen molar-refractivity contribution in [3.63, 3.8) is 0 Å². The van der Waals surface area contributed by atoms with Gasteiger partial charge in [0.2, 0.25) is 5.95 Å². The third kappa shape index (κ3) is 4.10. The van der Waals surface area contributed by atoms with Crippen molar-refractivity contribution in [1.82, 2.24) is 19.5 Å². The second-order valence-electron chi connectivity index (χ2n) is 5.98. The summed E-state index contributed by atoms with van der Waals surface area (Å²) in [6.07, 6.45) is 1.72. The summed E-state index contributed by atoms with van der Waals surface area (Å²) in [6, 6.07) is 5.95. The topological polar surface area (TPSA) is 120 Å². The lowest BCUT2D eigenvalue weighted by atomic mass is 10.2. The van der Waals surface area contributed by atoms with Crippen molar-refractivity contribution in [2.45, 2.75) is 19.5 Å². The van der Waals surface area contributed by atoms with E-state index in [4.69, 9.17) is 11.5 Å². The number of nitrogens with one attached hydrogen (secondary N) is 2. The molecule has 0 saturated heterocycles. The Morgan fingerprint density at radius 1 is 1.28 bits per heavy atom. The number of rotatable bonds is 6. The lowest BCUT2D eigenvalue weighted by Crippen LogP contribution is -2.26. The molecule has 2 heterocycles. The first-order valence-corrected chi connectivity index (χ1v) is 8.98. The molecule has 8 nitrogen and oxygen atoms in total. The molecule has 6 N–H and O–H groups in total. The maximum atomic E-state index is 6.06. The molecule has 3 aromatic rings. The van der Waals surface area contributed by atoms with Crippen molar-refractivity contribution in [3.8, 4) is 0 Å². The van der Waals surface area contributed by atoms with Crippen LogP contribution in [-0.2, 0) is 13.6 Å². The number of aryl methyl sites for hydroxylation is 1. The fourth-order valence-electron chi connectivity index (χ4n) is 2.37. The van der Waals surface area contributed by atoms with Crippen LogP contribution in [0.3, 0.4) is 0 Å². The molecule has 0 radical (unpaired) electrons. The number of nitrogens with two attached hydrogens (primary N) is 2. The molecule has 0 fully saturated rings. The van der Waals surface area contributed by atoms with Gasteiger partial charge in [-0.25, -0.2) is 4.98 Å². The SMILES string of the molecule is CC(N)CNc1nc(NCc2cc(I)ccc2N)c2ncn(C)c2n1. The minimum atomic E-state index is 0.00781. The number of hydrogen-bond donors (Lipinski definition) is 4. The van der Waals surface area contributed by atoms with E-state index in [0.717, 1.165) is 26.0 Å². The van der Waals surface area contributed by atoms with E-state index in [0.29, 0.717) is 24.9 Å². The van der Waals surface area contributed by atoms with Crippen LogP contribution in [0.15, 0.2) is 24.5 Å². The second kappa shape index (κ2) is 7.40. The van der Waals surface area contributed by atoms with E-state index in [-0.39, 0.29) is 6.04 Å². The van der Waals surface area contributed by atoms with E-state index in [1.54, 1.807) is 6.33 Å². The third-order valence-electron chi connectivity index (χ3n) is 3.69. The normalized spacial score (nSPS) is 12.3. The Hall–Kier alpha value is -2.14. The lowest BCUT2D eigenvalue weighted by Gasteiger charge is -2.12. The molecular weight excluding hydrogens is 431 g/mol. The molecule has 1 unspecified atom stereocenters. The molecule has 3 rings (SSSR count). The Balaban J connectivity index is 1.89. The number of benzene rings is 1. The minimum Gasteiger partial charge on any atom is -0.398 e. The Morgan fingerprint density at radius 3 is 2.84 bits per heavy atom. The van der Waals surface area contributed by atoms with Crippen molar-refractivity contribution < 1.29 is 0 Å². The van der Waals surface area contributed by atoms with Crippen LogP contribution in [0.1, 0.15) is 12.5 Å². The number of nitrogen functional groups attached to an aromatic ring is 1. The molecule has 0 amide bonds. The molecule has 1 atom stereocenters. The van der Waals surface area contributed by atoms with Crippen LogP contribution in [0.25, 0.3) is 11.2 Å². The smallest absolute Gasteiger partial charge is 0.226 e. The summed E-state index contributed by atoms with van der Waals surface area (Å²) in [5.41, 5.74) is 15.1. The molecule has 0 aliphatic carbocycles. The Kier molecular flexibility index (Phi) is 5.23. The van der Waals surface area contributed by atoms with Gasteiger partial charge in [0.1, 0.15) is 0 Å². The van der Waals surface area contributed by atoms with Gasteiger partial charge in [0.05, 0.1) is 6.33 Å². The van der Waals surface area contributed by atoms with E-state index in [2.05, 4.69) is 54.2 Å². The van der Waals surface area contributed by atoms with E-state index < -0.39 is 0 Å². The van der Waals surface area contributed by atoms with Crippen molar-refractivity contribution in [2.24, 2.45) is 12.8 Å². The first-order chi connectivity index (χ1) is 11.9. The highest BCUT2D eigenvalue weighted by Gasteiger charge is 2.13.